The third-order valence-electron chi connectivity index (χ3n) is 6.34. The predicted octanol–water partition coefficient (Wildman–Crippen LogP) is 5.16. The molecule has 1 N–H and O–H groups in total. The van der Waals surface area contributed by atoms with Crippen molar-refractivity contribution in [2.75, 3.05) is 12.1 Å². The summed E-state index contributed by atoms with van der Waals surface area (Å²) in [6.45, 7) is 4.55. The minimum absolute atomic E-state index is 0.0668. The number of benzene rings is 2. The molecule has 3 heterocycles. The topological polar surface area (TPSA) is 60.5 Å². The van der Waals surface area contributed by atoms with E-state index >= 15 is 0 Å². The van der Waals surface area contributed by atoms with Gasteiger partial charge in [-0.2, -0.15) is 0 Å². The van der Waals surface area contributed by atoms with Crippen molar-refractivity contribution in [2.45, 2.75) is 32.6 Å². The lowest BCUT2D eigenvalue weighted by Gasteiger charge is -2.39. The van der Waals surface area contributed by atoms with E-state index in [1.165, 1.54) is 0 Å². The molecule has 5 nitrogen and oxygen atoms in total. The van der Waals surface area contributed by atoms with Crippen LogP contribution in [0, 0.1) is 5.41 Å². The maximum atomic E-state index is 13.4. The second-order valence-corrected chi connectivity index (χ2v) is 9.10. The van der Waals surface area contributed by atoms with E-state index in [1.807, 2.05) is 30.5 Å². The maximum absolute atomic E-state index is 13.4. The highest BCUT2D eigenvalue weighted by molar-refractivity contribution is 6.04. The Morgan fingerprint density at radius 2 is 1.93 bits per heavy atom. The van der Waals surface area contributed by atoms with Crippen molar-refractivity contribution in [3.63, 3.8) is 0 Å². The second kappa shape index (κ2) is 6.08. The first-order valence-electron chi connectivity index (χ1n) is 10.3. The van der Waals surface area contributed by atoms with Gasteiger partial charge in [-0.3, -0.25) is 9.78 Å². The monoisotopic (exact) mass is 398 g/mol. The van der Waals surface area contributed by atoms with Gasteiger partial charge in [0, 0.05) is 35.2 Å². The van der Waals surface area contributed by atoms with E-state index in [1.54, 1.807) is 0 Å². The summed E-state index contributed by atoms with van der Waals surface area (Å²) in [6, 6.07) is 14.2. The molecular formula is C25H22N2O3. The summed E-state index contributed by atoms with van der Waals surface area (Å²) in [5.74, 6) is 1.56. The Kier molecular flexibility index (Phi) is 3.55. The van der Waals surface area contributed by atoms with Crippen LogP contribution in [0.4, 0.5) is 5.69 Å². The van der Waals surface area contributed by atoms with Crippen LogP contribution in [0.5, 0.6) is 11.5 Å². The highest BCUT2D eigenvalue weighted by Gasteiger charge is 2.41. The molecule has 0 saturated carbocycles. The molecule has 0 fully saturated rings. The summed E-state index contributed by atoms with van der Waals surface area (Å²) in [5.41, 5.74) is 5.98. The zero-order chi connectivity index (χ0) is 20.5. The minimum atomic E-state index is -0.140. The van der Waals surface area contributed by atoms with E-state index in [2.05, 4.69) is 42.3 Å². The quantitative estimate of drug-likeness (QED) is 0.613. The lowest BCUT2D eigenvalue weighted by molar-refractivity contribution is -0.118. The van der Waals surface area contributed by atoms with Crippen molar-refractivity contribution < 1.29 is 14.3 Å². The van der Waals surface area contributed by atoms with Crippen molar-refractivity contribution in [1.82, 2.24) is 4.98 Å². The molecule has 0 radical (unpaired) electrons. The van der Waals surface area contributed by atoms with Gasteiger partial charge in [0.1, 0.15) is 0 Å². The number of rotatable bonds is 1. The number of carbonyl (C=O) groups excluding carboxylic acids is 1. The van der Waals surface area contributed by atoms with Crippen molar-refractivity contribution >= 4 is 22.4 Å². The van der Waals surface area contributed by atoms with Gasteiger partial charge in [0.05, 0.1) is 11.2 Å². The Labute approximate surface area is 174 Å². The minimum Gasteiger partial charge on any atom is -0.454 e. The molecular weight excluding hydrogens is 376 g/mol. The number of nitrogens with one attached hydrogen (secondary N) is 1. The largest absolute Gasteiger partial charge is 0.454 e. The molecule has 2 aromatic carbocycles. The molecule has 0 saturated heterocycles. The molecule has 1 aliphatic carbocycles. The van der Waals surface area contributed by atoms with Crippen molar-refractivity contribution in [3.8, 4) is 11.5 Å². The van der Waals surface area contributed by atoms with Gasteiger partial charge in [0.15, 0.2) is 17.3 Å². The number of nitrogens with zero attached hydrogens (tertiary/aromatic N) is 1. The average Bonchev–Trinajstić information content (AvgIpc) is 3.19. The summed E-state index contributed by atoms with van der Waals surface area (Å²) >= 11 is 0. The summed E-state index contributed by atoms with van der Waals surface area (Å²) in [7, 11) is 0. The fraction of sp³-hybridized carbons (Fsp3) is 0.280. The first-order chi connectivity index (χ1) is 14.5. The number of pyridine rings is 1. The molecule has 3 aliphatic rings. The molecule has 2 aliphatic heterocycles. The van der Waals surface area contributed by atoms with Crippen LogP contribution in [0.1, 0.15) is 43.7 Å². The van der Waals surface area contributed by atoms with Gasteiger partial charge in [-0.25, -0.2) is 0 Å². The van der Waals surface area contributed by atoms with Gasteiger partial charge < -0.3 is 14.8 Å². The number of ether oxygens (including phenoxy) is 2. The van der Waals surface area contributed by atoms with Gasteiger partial charge in [0.2, 0.25) is 6.79 Å². The van der Waals surface area contributed by atoms with E-state index in [0.29, 0.717) is 6.42 Å². The Morgan fingerprint density at radius 1 is 1.07 bits per heavy atom. The first-order valence-corrected chi connectivity index (χ1v) is 10.3. The number of hydrogen-bond acceptors (Lipinski definition) is 5. The number of hydrogen-bond donors (Lipinski definition) is 1. The fourth-order valence-corrected chi connectivity index (χ4v) is 5.08. The SMILES string of the molecule is CC1(C)CC(=O)C2=C(C1)Nc1c(ccc3ncccc13)C2c1ccc2c(c1)OCO2. The Balaban J connectivity index is 1.61. The smallest absolute Gasteiger partial charge is 0.231 e. The standard InChI is InChI=1S/C25H22N2O3/c1-25(2)11-18-23(19(28)12-25)22(14-5-8-20-21(10-14)30-13-29-20)16-6-7-17-15(24(16)27-18)4-3-9-26-17/h3-10,22,27H,11-13H2,1-2H3. The second-order valence-electron chi connectivity index (χ2n) is 9.10. The third-order valence-corrected chi connectivity index (χ3v) is 6.34. The number of fused-ring (bicyclic) bond motifs is 4. The summed E-state index contributed by atoms with van der Waals surface area (Å²) in [6.07, 6.45) is 3.20. The Hall–Kier alpha value is -3.34. The summed E-state index contributed by atoms with van der Waals surface area (Å²) in [4.78, 5) is 17.9. The number of Topliss-reactive ketones (excluding diaryl/α,β-unsaturated/α-hetero) is 1. The van der Waals surface area contributed by atoms with Gasteiger partial charge in [-0.15, -0.1) is 0 Å². The van der Waals surface area contributed by atoms with E-state index in [0.717, 1.165) is 56.9 Å². The van der Waals surface area contributed by atoms with Gasteiger partial charge in [-0.05, 0) is 53.3 Å². The van der Waals surface area contributed by atoms with Crippen molar-refractivity contribution in [3.05, 3.63) is 71.1 Å². The summed E-state index contributed by atoms with van der Waals surface area (Å²) < 4.78 is 11.1. The molecule has 0 spiro atoms. The van der Waals surface area contributed by atoms with E-state index in [4.69, 9.17) is 9.47 Å². The van der Waals surface area contributed by atoms with Crippen LogP contribution in [-0.2, 0) is 4.79 Å². The van der Waals surface area contributed by atoms with Crippen LogP contribution in [0.25, 0.3) is 10.9 Å². The molecule has 6 rings (SSSR count). The van der Waals surface area contributed by atoms with Gasteiger partial charge >= 0.3 is 0 Å². The molecule has 3 aromatic rings. The summed E-state index contributed by atoms with van der Waals surface area (Å²) in [5, 5.41) is 4.72. The van der Waals surface area contributed by atoms with Crippen LogP contribution in [0.15, 0.2) is 59.9 Å². The van der Waals surface area contributed by atoms with Crippen molar-refractivity contribution in [1.29, 1.82) is 0 Å². The number of carbonyl (C=O) groups is 1. The number of allylic oxidation sites excluding steroid dienone is 2. The molecule has 0 amide bonds. The lowest BCUT2D eigenvalue weighted by atomic mass is 9.68. The highest BCUT2D eigenvalue weighted by Crippen LogP contribution is 2.51. The predicted molar refractivity (Wildman–Crippen MR) is 115 cm³/mol. The molecule has 30 heavy (non-hydrogen) atoms. The normalized spacial score (nSPS) is 21.3. The first kappa shape index (κ1) is 17.5. The van der Waals surface area contributed by atoms with E-state index < -0.39 is 0 Å². The Morgan fingerprint density at radius 3 is 2.83 bits per heavy atom. The highest BCUT2D eigenvalue weighted by atomic mass is 16.7. The fourth-order valence-electron chi connectivity index (χ4n) is 5.08. The molecule has 0 bridgehead atoms. The number of anilines is 1. The average molecular weight is 398 g/mol. The molecule has 1 unspecified atom stereocenters. The van der Waals surface area contributed by atoms with Gasteiger partial charge in [0.25, 0.3) is 0 Å². The molecule has 1 aromatic heterocycles. The molecule has 150 valence electrons. The zero-order valence-electron chi connectivity index (χ0n) is 17.0. The number of ketones is 1. The van der Waals surface area contributed by atoms with Crippen LogP contribution in [-0.4, -0.2) is 17.6 Å². The van der Waals surface area contributed by atoms with E-state index in [9.17, 15) is 4.79 Å². The van der Waals surface area contributed by atoms with Crippen LogP contribution >= 0.6 is 0 Å². The van der Waals surface area contributed by atoms with Crippen LogP contribution in [0.3, 0.4) is 0 Å². The molecule has 1 atom stereocenters. The number of aromatic nitrogens is 1. The molecule has 5 heteroatoms. The zero-order valence-corrected chi connectivity index (χ0v) is 17.0. The van der Waals surface area contributed by atoms with Gasteiger partial charge in [-0.1, -0.05) is 26.0 Å². The van der Waals surface area contributed by atoms with Crippen LogP contribution in [0.2, 0.25) is 0 Å². The maximum Gasteiger partial charge on any atom is 0.231 e. The third kappa shape index (κ3) is 2.54. The Bertz CT molecular complexity index is 1260. The van der Waals surface area contributed by atoms with E-state index in [-0.39, 0.29) is 23.9 Å². The lowest BCUT2D eigenvalue weighted by Crippen LogP contribution is -2.33. The van der Waals surface area contributed by atoms with Crippen LogP contribution < -0.4 is 14.8 Å². The van der Waals surface area contributed by atoms with Crippen molar-refractivity contribution in [2.24, 2.45) is 5.41 Å².